The van der Waals surface area contributed by atoms with Crippen LogP contribution in [0.5, 0.6) is 0 Å². The smallest absolute Gasteiger partial charge is 0.550 e. The van der Waals surface area contributed by atoms with Crippen molar-refractivity contribution in [3.63, 3.8) is 0 Å². The van der Waals surface area contributed by atoms with Crippen molar-refractivity contribution in [3.05, 3.63) is 34.3 Å². The van der Waals surface area contributed by atoms with Crippen molar-refractivity contribution in [3.8, 4) is 0 Å². The quantitative estimate of drug-likeness (QED) is 0.545. The van der Waals surface area contributed by atoms with Gasteiger partial charge in [0.05, 0.1) is 0 Å². The van der Waals surface area contributed by atoms with E-state index in [2.05, 4.69) is 15.9 Å². The Morgan fingerprint density at radius 1 is 1.33 bits per heavy atom. The normalized spacial score (nSPS) is 8.75. The summed E-state index contributed by atoms with van der Waals surface area (Å²) in [4.78, 5) is 10.1. The van der Waals surface area contributed by atoms with Crippen molar-refractivity contribution in [1.29, 1.82) is 0 Å². The van der Waals surface area contributed by atoms with Crippen LogP contribution in [0.3, 0.4) is 0 Å². The molecule has 0 aromatic heterocycles. The molecule has 12 heavy (non-hydrogen) atoms. The Bertz CT molecular complexity index is 258. The van der Waals surface area contributed by atoms with E-state index in [0.29, 0.717) is 0 Å². The van der Waals surface area contributed by atoms with Crippen molar-refractivity contribution in [2.45, 2.75) is 6.42 Å². The zero-order valence-electron chi connectivity index (χ0n) is 6.71. The van der Waals surface area contributed by atoms with E-state index in [9.17, 15) is 9.90 Å². The Morgan fingerprint density at radius 3 is 2.25 bits per heavy atom. The van der Waals surface area contributed by atoms with Gasteiger partial charge in [0.2, 0.25) is 0 Å². The summed E-state index contributed by atoms with van der Waals surface area (Å²) in [6.45, 7) is 0. The number of carbonyl (C=O) groups is 1. The molecular weight excluding hydrogens is 231 g/mol. The SMILES string of the molecule is O=C([O-])Cc1ccc(Br)cc1.[Na+]. The molecule has 2 nitrogen and oxygen atoms in total. The van der Waals surface area contributed by atoms with Gasteiger partial charge >= 0.3 is 29.6 Å². The fraction of sp³-hybridized carbons (Fsp3) is 0.125. The number of aliphatic carboxylic acids is 1. The number of hydrogen-bond acceptors (Lipinski definition) is 2. The van der Waals surface area contributed by atoms with Crippen molar-refractivity contribution in [2.24, 2.45) is 0 Å². The molecule has 0 unspecified atom stereocenters. The average molecular weight is 237 g/mol. The van der Waals surface area contributed by atoms with Gasteiger partial charge in [0, 0.05) is 16.9 Å². The summed E-state index contributed by atoms with van der Waals surface area (Å²) in [6, 6.07) is 7.11. The minimum absolute atomic E-state index is 0. The van der Waals surface area contributed by atoms with Crippen LogP contribution in [0.25, 0.3) is 0 Å². The first-order valence-electron chi connectivity index (χ1n) is 3.13. The van der Waals surface area contributed by atoms with Gasteiger partial charge in [-0.25, -0.2) is 0 Å². The zero-order chi connectivity index (χ0) is 8.27. The maximum absolute atomic E-state index is 10.1. The van der Waals surface area contributed by atoms with Gasteiger partial charge in [-0.3, -0.25) is 0 Å². The Labute approximate surface area is 101 Å². The first kappa shape index (κ1) is 12.2. The molecule has 1 aromatic carbocycles. The third kappa shape index (κ3) is 4.26. The van der Waals surface area contributed by atoms with Crippen LogP contribution in [-0.4, -0.2) is 5.97 Å². The van der Waals surface area contributed by atoms with Crippen molar-refractivity contribution >= 4 is 21.9 Å². The van der Waals surface area contributed by atoms with Crippen LogP contribution < -0.4 is 34.7 Å². The standard InChI is InChI=1S/C8H7BrO2.Na/c9-7-3-1-6(2-4-7)5-8(10)11;/h1-4H,5H2,(H,10,11);/q;+1/p-1. The van der Waals surface area contributed by atoms with Gasteiger partial charge in [-0.2, -0.15) is 0 Å². The van der Waals surface area contributed by atoms with Gasteiger partial charge in [0.15, 0.2) is 0 Å². The van der Waals surface area contributed by atoms with Crippen LogP contribution in [0.1, 0.15) is 5.56 Å². The van der Waals surface area contributed by atoms with Gasteiger partial charge < -0.3 is 9.90 Å². The summed E-state index contributed by atoms with van der Waals surface area (Å²) in [7, 11) is 0. The zero-order valence-corrected chi connectivity index (χ0v) is 10.3. The van der Waals surface area contributed by atoms with Crippen LogP contribution in [0.15, 0.2) is 28.7 Å². The van der Waals surface area contributed by atoms with E-state index in [0.717, 1.165) is 10.0 Å². The van der Waals surface area contributed by atoms with Gasteiger partial charge in [0.25, 0.3) is 0 Å². The summed E-state index contributed by atoms with van der Waals surface area (Å²) >= 11 is 3.25. The molecule has 0 heterocycles. The Balaban J connectivity index is 0.00000121. The topological polar surface area (TPSA) is 40.1 Å². The second kappa shape index (κ2) is 5.75. The summed E-state index contributed by atoms with van der Waals surface area (Å²) in [5.41, 5.74) is 0.758. The molecule has 0 spiro atoms. The summed E-state index contributed by atoms with van der Waals surface area (Å²) in [6.07, 6.45) is -0.0206. The Kier molecular flexibility index (Phi) is 5.84. The number of hydrogen-bond donors (Lipinski definition) is 0. The number of rotatable bonds is 2. The third-order valence-corrected chi connectivity index (χ3v) is 1.79. The van der Waals surface area contributed by atoms with Gasteiger partial charge in [-0.1, -0.05) is 28.1 Å². The van der Waals surface area contributed by atoms with Crippen molar-refractivity contribution in [2.75, 3.05) is 0 Å². The van der Waals surface area contributed by atoms with Crippen LogP contribution in [0.2, 0.25) is 0 Å². The third-order valence-electron chi connectivity index (χ3n) is 1.26. The summed E-state index contributed by atoms with van der Waals surface area (Å²) < 4.78 is 0.944. The molecule has 0 bridgehead atoms. The Morgan fingerprint density at radius 2 is 1.83 bits per heavy atom. The van der Waals surface area contributed by atoms with Crippen LogP contribution in [0.4, 0.5) is 0 Å². The molecule has 0 aliphatic heterocycles. The molecule has 0 aliphatic carbocycles. The minimum atomic E-state index is -1.05. The molecule has 0 atom stereocenters. The molecule has 58 valence electrons. The number of benzene rings is 1. The first-order valence-corrected chi connectivity index (χ1v) is 3.92. The number of carbonyl (C=O) groups excluding carboxylic acids is 1. The van der Waals surface area contributed by atoms with E-state index in [-0.39, 0.29) is 36.0 Å². The molecule has 0 saturated carbocycles. The predicted octanol–water partition coefficient (Wildman–Crippen LogP) is -2.25. The molecule has 0 radical (unpaired) electrons. The van der Waals surface area contributed by atoms with Gasteiger partial charge in [-0.15, -0.1) is 0 Å². The fourth-order valence-electron chi connectivity index (χ4n) is 0.769. The molecule has 0 saturated heterocycles. The van der Waals surface area contributed by atoms with E-state index >= 15 is 0 Å². The van der Waals surface area contributed by atoms with E-state index in [4.69, 9.17) is 0 Å². The minimum Gasteiger partial charge on any atom is -0.550 e. The number of carboxylic acid groups (broad SMARTS) is 1. The van der Waals surface area contributed by atoms with Crippen molar-refractivity contribution < 1.29 is 39.5 Å². The maximum Gasteiger partial charge on any atom is 1.00 e. The molecular formula is C8H6BrNaO2. The maximum atomic E-state index is 10.1. The van der Waals surface area contributed by atoms with E-state index in [1.807, 2.05) is 0 Å². The van der Waals surface area contributed by atoms with Gasteiger partial charge in [0.1, 0.15) is 0 Å². The molecule has 0 amide bonds. The second-order valence-electron chi connectivity index (χ2n) is 2.18. The molecule has 4 heteroatoms. The van der Waals surface area contributed by atoms with E-state index < -0.39 is 5.97 Å². The monoisotopic (exact) mass is 236 g/mol. The Hall–Kier alpha value is 0.170. The second-order valence-corrected chi connectivity index (χ2v) is 3.09. The van der Waals surface area contributed by atoms with Crippen LogP contribution >= 0.6 is 15.9 Å². The van der Waals surface area contributed by atoms with Gasteiger partial charge in [-0.05, 0) is 17.7 Å². The number of carboxylic acids is 1. The fourth-order valence-corrected chi connectivity index (χ4v) is 1.03. The van der Waals surface area contributed by atoms with E-state index in [1.165, 1.54) is 0 Å². The van der Waals surface area contributed by atoms with Crippen LogP contribution in [-0.2, 0) is 11.2 Å². The molecule has 0 fully saturated rings. The number of halogens is 1. The van der Waals surface area contributed by atoms with E-state index in [1.54, 1.807) is 24.3 Å². The first-order chi connectivity index (χ1) is 5.18. The average Bonchev–Trinajstić information content (AvgIpc) is 1.93. The molecule has 1 rings (SSSR count). The van der Waals surface area contributed by atoms with Crippen LogP contribution in [0, 0.1) is 0 Å². The largest absolute Gasteiger partial charge is 1.00 e. The molecule has 0 aliphatic rings. The summed E-state index contributed by atoms with van der Waals surface area (Å²) in [5.74, 6) is -1.05. The molecule has 0 N–H and O–H groups in total. The molecule has 1 aromatic rings. The predicted molar refractivity (Wildman–Crippen MR) is 42.9 cm³/mol. The van der Waals surface area contributed by atoms with Crippen molar-refractivity contribution in [1.82, 2.24) is 0 Å². The summed E-state index contributed by atoms with van der Waals surface area (Å²) in [5, 5.41) is 10.1.